The molecule has 1 heterocycles. The van der Waals surface area contributed by atoms with Crippen molar-refractivity contribution in [2.24, 2.45) is 0 Å². The largest absolute Gasteiger partial charge is 0.288 e. The second-order valence-electron chi connectivity index (χ2n) is 2.55. The van der Waals surface area contributed by atoms with Gasteiger partial charge < -0.3 is 0 Å². The summed E-state index contributed by atoms with van der Waals surface area (Å²) in [6, 6.07) is 5.84. The number of pyridine rings is 1. The molecule has 0 aliphatic heterocycles. The molecule has 0 aliphatic rings. The Morgan fingerprint density at radius 1 is 1.58 bits per heavy atom. The van der Waals surface area contributed by atoms with Crippen LogP contribution in [0.2, 0.25) is 0 Å². The standard InChI is InChI=1S/C9H11NOS/c1-7-4-3-5-9(10-7)6-12-8(2)11/h3-5H,6H2,1-2H3. The highest BCUT2D eigenvalue weighted by atomic mass is 32.2. The Morgan fingerprint density at radius 3 is 2.92 bits per heavy atom. The van der Waals surface area contributed by atoms with E-state index in [4.69, 9.17) is 0 Å². The summed E-state index contributed by atoms with van der Waals surface area (Å²) in [6.45, 7) is 3.52. The fraction of sp³-hybridized carbons (Fsp3) is 0.333. The van der Waals surface area contributed by atoms with Crippen molar-refractivity contribution in [3.8, 4) is 0 Å². The van der Waals surface area contributed by atoms with E-state index < -0.39 is 0 Å². The summed E-state index contributed by atoms with van der Waals surface area (Å²) in [5.74, 6) is 0.678. The lowest BCUT2D eigenvalue weighted by molar-refractivity contribution is -0.109. The number of aryl methyl sites for hydroxylation is 1. The average molecular weight is 181 g/mol. The first-order valence-corrected chi connectivity index (χ1v) is 4.73. The molecule has 0 radical (unpaired) electrons. The lowest BCUT2D eigenvalue weighted by atomic mass is 10.3. The van der Waals surface area contributed by atoms with Gasteiger partial charge in [0.15, 0.2) is 5.12 Å². The first-order valence-electron chi connectivity index (χ1n) is 3.74. The number of thioether (sulfide) groups is 1. The van der Waals surface area contributed by atoms with Gasteiger partial charge in [-0.1, -0.05) is 17.8 Å². The molecule has 1 rings (SSSR count). The van der Waals surface area contributed by atoms with Crippen LogP contribution in [-0.2, 0) is 10.5 Å². The van der Waals surface area contributed by atoms with Gasteiger partial charge in [0.2, 0.25) is 0 Å². The molecule has 0 atom stereocenters. The Morgan fingerprint density at radius 2 is 2.33 bits per heavy atom. The molecule has 0 unspecified atom stereocenters. The quantitative estimate of drug-likeness (QED) is 0.700. The highest BCUT2D eigenvalue weighted by molar-refractivity contribution is 8.12. The molecular weight excluding hydrogens is 170 g/mol. The van der Waals surface area contributed by atoms with E-state index in [1.54, 1.807) is 6.92 Å². The summed E-state index contributed by atoms with van der Waals surface area (Å²) >= 11 is 1.29. The second-order valence-corrected chi connectivity index (χ2v) is 3.70. The Balaban J connectivity index is 2.57. The van der Waals surface area contributed by atoms with Gasteiger partial charge in [-0.2, -0.15) is 0 Å². The van der Waals surface area contributed by atoms with Crippen LogP contribution in [0.3, 0.4) is 0 Å². The smallest absolute Gasteiger partial charge is 0.186 e. The maximum Gasteiger partial charge on any atom is 0.186 e. The number of nitrogens with zero attached hydrogens (tertiary/aromatic N) is 1. The third-order valence-corrected chi connectivity index (χ3v) is 2.22. The van der Waals surface area contributed by atoms with Crippen molar-refractivity contribution in [2.45, 2.75) is 19.6 Å². The average Bonchev–Trinajstić information content (AvgIpc) is 2.01. The van der Waals surface area contributed by atoms with Gasteiger partial charge in [0.25, 0.3) is 0 Å². The predicted molar refractivity (Wildman–Crippen MR) is 51.0 cm³/mol. The minimum absolute atomic E-state index is 0.137. The number of hydrogen-bond donors (Lipinski definition) is 0. The maximum atomic E-state index is 10.6. The van der Waals surface area contributed by atoms with E-state index in [9.17, 15) is 4.79 Å². The Bertz CT molecular complexity index is 286. The summed E-state index contributed by atoms with van der Waals surface area (Å²) in [6.07, 6.45) is 0. The van der Waals surface area contributed by atoms with Crippen molar-refractivity contribution in [1.29, 1.82) is 0 Å². The monoisotopic (exact) mass is 181 g/mol. The maximum absolute atomic E-state index is 10.6. The summed E-state index contributed by atoms with van der Waals surface area (Å²) in [7, 11) is 0. The molecule has 64 valence electrons. The van der Waals surface area contributed by atoms with E-state index in [2.05, 4.69) is 4.98 Å². The molecule has 12 heavy (non-hydrogen) atoms. The van der Waals surface area contributed by atoms with Gasteiger partial charge in [0.1, 0.15) is 0 Å². The fourth-order valence-electron chi connectivity index (χ4n) is 0.855. The highest BCUT2D eigenvalue weighted by Gasteiger charge is 1.97. The van der Waals surface area contributed by atoms with Gasteiger partial charge in [0, 0.05) is 18.4 Å². The highest BCUT2D eigenvalue weighted by Crippen LogP contribution is 2.10. The minimum Gasteiger partial charge on any atom is -0.288 e. The van der Waals surface area contributed by atoms with Crippen LogP contribution in [0.5, 0.6) is 0 Å². The van der Waals surface area contributed by atoms with Gasteiger partial charge in [-0.3, -0.25) is 9.78 Å². The van der Waals surface area contributed by atoms with E-state index in [1.165, 1.54) is 11.8 Å². The summed E-state index contributed by atoms with van der Waals surface area (Å²) in [5, 5.41) is 0.137. The van der Waals surface area contributed by atoms with Crippen molar-refractivity contribution in [3.05, 3.63) is 29.6 Å². The first-order chi connectivity index (χ1) is 5.68. The Labute approximate surface area is 76.4 Å². The van der Waals surface area contributed by atoms with Crippen LogP contribution >= 0.6 is 11.8 Å². The van der Waals surface area contributed by atoms with Gasteiger partial charge in [0.05, 0.1) is 5.69 Å². The summed E-state index contributed by atoms with van der Waals surface area (Å²) < 4.78 is 0. The summed E-state index contributed by atoms with van der Waals surface area (Å²) in [5.41, 5.74) is 1.96. The third kappa shape index (κ3) is 3.05. The number of rotatable bonds is 2. The molecule has 0 amide bonds. The van der Waals surface area contributed by atoms with Crippen LogP contribution < -0.4 is 0 Å². The molecule has 0 aromatic carbocycles. The molecule has 3 heteroatoms. The van der Waals surface area contributed by atoms with E-state index >= 15 is 0 Å². The van der Waals surface area contributed by atoms with Gasteiger partial charge in [-0.15, -0.1) is 0 Å². The molecular formula is C9H11NOS. The van der Waals surface area contributed by atoms with Crippen molar-refractivity contribution >= 4 is 16.9 Å². The Hall–Kier alpha value is -0.830. The van der Waals surface area contributed by atoms with Crippen LogP contribution in [0, 0.1) is 6.92 Å². The zero-order chi connectivity index (χ0) is 8.97. The molecule has 1 aromatic heterocycles. The Kier molecular flexibility index (Phi) is 3.29. The SMILES string of the molecule is CC(=O)SCc1cccc(C)n1. The molecule has 0 aliphatic carbocycles. The predicted octanol–water partition coefficient (Wildman–Crippen LogP) is 2.17. The number of hydrogen-bond acceptors (Lipinski definition) is 3. The molecule has 0 spiro atoms. The zero-order valence-electron chi connectivity index (χ0n) is 7.20. The van der Waals surface area contributed by atoms with E-state index in [1.807, 2.05) is 25.1 Å². The summed E-state index contributed by atoms with van der Waals surface area (Å²) in [4.78, 5) is 14.9. The van der Waals surface area contributed by atoms with Crippen LogP contribution in [-0.4, -0.2) is 10.1 Å². The fourth-order valence-corrected chi connectivity index (χ4v) is 1.37. The zero-order valence-corrected chi connectivity index (χ0v) is 8.02. The molecule has 1 aromatic rings. The van der Waals surface area contributed by atoms with Crippen LogP contribution in [0.4, 0.5) is 0 Å². The second kappa shape index (κ2) is 4.26. The number of carbonyl (C=O) groups is 1. The van der Waals surface area contributed by atoms with E-state index in [-0.39, 0.29) is 5.12 Å². The third-order valence-electron chi connectivity index (χ3n) is 1.37. The van der Waals surface area contributed by atoms with Crippen molar-refractivity contribution < 1.29 is 4.79 Å². The van der Waals surface area contributed by atoms with Gasteiger partial charge in [-0.25, -0.2) is 0 Å². The lowest BCUT2D eigenvalue weighted by Gasteiger charge is -1.98. The molecule has 0 N–H and O–H groups in total. The van der Waals surface area contributed by atoms with Crippen LogP contribution in [0.25, 0.3) is 0 Å². The molecule has 2 nitrogen and oxygen atoms in total. The molecule has 0 fully saturated rings. The minimum atomic E-state index is 0.137. The van der Waals surface area contributed by atoms with E-state index in [0.29, 0.717) is 5.75 Å². The number of carbonyl (C=O) groups excluding carboxylic acids is 1. The first kappa shape index (κ1) is 9.26. The van der Waals surface area contributed by atoms with E-state index in [0.717, 1.165) is 11.4 Å². The van der Waals surface area contributed by atoms with Crippen LogP contribution in [0.15, 0.2) is 18.2 Å². The van der Waals surface area contributed by atoms with Crippen molar-refractivity contribution in [1.82, 2.24) is 4.98 Å². The molecule has 0 bridgehead atoms. The number of aromatic nitrogens is 1. The van der Waals surface area contributed by atoms with Gasteiger partial charge >= 0.3 is 0 Å². The van der Waals surface area contributed by atoms with Crippen molar-refractivity contribution in [3.63, 3.8) is 0 Å². The lowest BCUT2D eigenvalue weighted by Crippen LogP contribution is -1.90. The van der Waals surface area contributed by atoms with Crippen molar-refractivity contribution in [2.75, 3.05) is 0 Å². The topological polar surface area (TPSA) is 30.0 Å². The normalized spacial score (nSPS) is 9.83. The van der Waals surface area contributed by atoms with Gasteiger partial charge in [-0.05, 0) is 19.1 Å². The molecule has 0 saturated carbocycles. The van der Waals surface area contributed by atoms with Crippen LogP contribution in [0.1, 0.15) is 18.3 Å². The molecule has 0 saturated heterocycles.